The molecule has 0 bridgehead atoms. The van der Waals surface area contributed by atoms with Gasteiger partial charge in [0, 0.05) is 39.0 Å². The number of halogens is 3. The predicted molar refractivity (Wildman–Crippen MR) is 126 cm³/mol. The topological polar surface area (TPSA) is 41.6 Å². The lowest BCUT2D eigenvalue weighted by Crippen LogP contribution is -2.29. The first kappa shape index (κ1) is 21.0. The molecule has 1 N–H and O–H groups in total. The van der Waals surface area contributed by atoms with Gasteiger partial charge in [0.1, 0.15) is 5.75 Å². The molecule has 4 nitrogen and oxygen atoms in total. The second-order valence-corrected chi connectivity index (χ2v) is 8.84. The van der Waals surface area contributed by atoms with E-state index in [1.54, 1.807) is 12.1 Å². The van der Waals surface area contributed by atoms with Gasteiger partial charge in [-0.1, -0.05) is 51.3 Å². The molecule has 4 rings (SSSR count). The molecule has 1 aliphatic heterocycles. The summed E-state index contributed by atoms with van der Waals surface area (Å²) in [5.74, 6) is 0.521. The van der Waals surface area contributed by atoms with Gasteiger partial charge in [0.15, 0.2) is 0 Å². The highest BCUT2D eigenvalue weighted by atomic mass is 79.9. The molecular formula is C23H19BrCl2N2O2. The Labute approximate surface area is 193 Å². The van der Waals surface area contributed by atoms with E-state index in [-0.39, 0.29) is 0 Å². The Hall–Kier alpha value is -2.21. The summed E-state index contributed by atoms with van der Waals surface area (Å²) in [4.78, 5) is 14.5. The maximum absolute atomic E-state index is 12.2. The van der Waals surface area contributed by atoms with Crippen LogP contribution < -0.4 is 15.0 Å². The number of hydrogen-bond acceptors (Lipinski definition) is 3. The Kier molecular flexibility index (Phi) is 6.52. The minimum absolute atomic E-state index is 0.520. The van der Waals surface area contributed by atoms with Crippen molar-refractivity contribution in [3.63, 3.8) is 0 Å². The number of ether oxygens (including phenoxy) is 1. The van der Waals surface area contributed by atoms with E-state index in [4.69, 9.17) is 27.9 Å². The van der Waals surface area contributed by atoms with Crippen LogP contribution in [0, 0.1) is 0 Å². The Morgan fingerprint density at radius 3 is 2.77 bits per heavy atom. The van der Waals surface area contributed by atoms with Crippen molar-refractivity contribution in [3.05, 3.63) is 86.3 Å². The second-order valence-electron chi connectivity index (χ2n) is 7.08. The summed E-state index contributed by atoms with van der Waals surface area (Å²) >= 11 is 15.8. The van der Waals surface area contributed by atoms with E-state index in [1.807, 2.05) is 48.5 Å². The highest BCUT2D eigenvalue weighted by Crippen LogP contribution is 2.33. The van der Waals surface area contributed by atoms with Gasteiger partial charge in [0.25, 0.3) is 0 Å². The van der Waals surface area contributed by atoms with Crippen LogP contribution in [-0.4, -0.2) is 12.6 Å². The van der Waals surface area contributed by atoms with E-state index >= 15 is 0 Å². The molecule has 154 valence electrons. The van der Waals surface area contributed by atoms with Crippen molar-refractivity contribution in [3.8, 4) is 5.75 Å². The van der Waals surface area contributed by atoms with E-state index in [2.05, 4.69) is 26.1 Å². The van der Waals surface area contributed by atoms with Crippen molar-refractivity contribution in [2.24, 2.45) is 0 Å². The van der Waals surface area contributed by atoms with E-state index in [0.29, 0.717) is 28.0 Å². The average Bonchev–Trinajstić information content (AvgIpc) is 2.70. The molecule has 0 unspecified atom stereocenters. The number of carbonyl (C=O) groups excluding carboxylic acids is 1. The molecule has 0 saturated heterocycles. The molecular weight excluding hydrogens is 487 g/mol. The third-order valence-electron chi connectivity index (χ3n) is 4.92. The molecule has 3 aromatic rings. The first-order valence-corrected chi connectivity index (χ1v) is 11.1. The molecule has 30 heavy (non-hydrogen) atoms. The number of carbonyl (C=O) groups is 1. The van der Waals surface area contributed by atoms with Crippen LogP contribution in [0.1, 0.15) is 17.5 Å². The minimum atomic E-state index is -0.520. The molecule has 1 aliphatic rings. The quantitative estimate of drug-likeness (QED) is 0.403. The van der Waals surface area contributed by atoms with Crippen molar-refractivity contribution < 1.29 is 9.53 Å². The van der Waals surface area contributed by atoms with Crippen molar-refractivity contribution in [1.82, 2.24) is 0 Å². The number of nitrogens with zero attached hydrogens (tertiary/aromatic N) is 1. The second kappa shape index (κ2) is 9.29. The van der Waals surface area contributed by atoms with Crippen molar-refractivity contribution in [2.45, 2.75) is 19.4 Å². The molecule has 0 radical (unpaired) electrons. The van der Waals surface area contributed by atoms with E-state index in [9.17, 15) is 4.79 Å². The Morgan fingerprint density at radius 1 is 1.10 bits per heavy atom. The maximum Gasteiger partial charge on any atom is 0.417 e. The number of anilines is 2. The summed E-state index contributed by atoms with van der Waals surface area (Å²) in [7, 11) is 0. The Balaban J connectivity index is 1.46. The lowest BCUT2D eigenvalue weighted by molar-refractivity contribution is 0.215. The summed E-state index contributed by atoms with van der Waals surface area (Å²) in [5, 5.41) is 4.03. The summed E-state index contributed by atoms with van der Waals surface area (Å²) in [6, 6.07) is 18.7. The summed E-state index contributed by atoms with van der Waals surface area (Å²) in [5.41, 5.74) is 3.98. The van der Waals surface area contributed by atoms with Crippen LogP contribution in [0.5, 0.6) is 5.75 Å². The molecule has 7 heteroatoms. The monoisotopic (exact) mass is 504 g/mol. The van der Waals surface area contributed by atoms with Gasteiger partial charge in [-0.2, -0.15) is 0 Å². The van der Waals surface area contributed by atoms with Gasteiger partial charge >= 0.3 is 6.09 Å². The number of hydrogen-bond donors (Lipinski definition) is 1. The fourth-order valence-corrected chi connectivity index (χ4v) is 4.42. The summed E-state index contributed by atoms with van der Waals surface area (Å²) in [6.07, 6.45) is 1.44. The lowest BCUT2D eigenvalue weighted by atomic mass is 10.0. The first-order valence-electron chi connectivity index (χ1n) is 9.54. The number of rotatable bonds is 4. The third kappa shape index (κ3) is 5.09. The van der Waals surface area contributed by atoms with Crippen LogP contribution in [0.15, 0.2) is 65.1 Å². The van der Waals surface area contributed by atoms with Gasteiger partial charge in [-0.05, 0) is 72.5 Å². The number of nitrogens with one attached hydrogen (secondary N) is 1. The Morgan fingerprint density at radius 2 is 1.97 bits per heavy atom. The maximum atomic E-state index is 12.2. The molecule has 1 heterocycles. The highest BCUT2D eigenvalue weighted by molar-refractivity contribution is 9.10. The van der Waals surface area contributed by atoms with Gasteiger partial charge in [0.2, 0.25) is 0 Å². The normalized spacial score (nSPS) is 13.0. The van der Waals surface area contributed by atoms with Crippen LogP contribution in [0.4, 0.5) is 16.2 Å². The molecule has 0 aliphatic carbocycles. The van der Waals surface area contributed by atoms with Gasteiger partial charge < -0.3 is 9.64 Å². The van der Waals surface area contributed by atoms with Gasteiger partial charge in [-0.15, -0.1) is 0 Å². The Bertz CT molecular complexity index is 1090. The zero-order valence-electron chi connectivity index (χ0n) is 16.0. The largest absolute Gasteiger partial charge is 0.417 e. The zero-order chi connectivity index (χ0) is 21.1. The number of amides is 1. The van der Waals surface area contributed by atoms with Gasteiger partial charge in [-0.25, -0.2) is 4.79 Å². The molecule has 0 atom stereocenters. The summed E-state index contributed by atoms with van der Waals surface area (Å²) in [6.45, 7) is 1.64. The number of benzene rings is 3. The molecule has 0 aromatic heterocycles. The molecule has 0 fully saturated rings. The van der Waals surface area contributed by atoms with Gasteiger partial charge in [-0.3, -0.25) is 5.32 Å². The van der Waals surface area contributed by atoms with Crippen LogP contribution in [-0.2, 0) is 13.0 Å². The van der Waals surface area contributed by atoms with Crippen molar-refractivity contribution in [1.29, 1.82) is 0 Å². The van der Waals surface area contributed by atoms with Crippen molar-refractivity contribution in [2.75, 3.05) is 16.8 Å². The third-order valence-corrected chi connectivity index (χ3v) is 6.00. The van der Waals surface area contributed by atoms with E-state index < -0.39 is 6.09 Å². The van der Waals surface area contributed by atoms with Gasteiger partial charge in [0.05, 0.1) is 0 Å². The SMILES string of the molecule is O=C(Nc1cccc(Br)c1)Oc1ccc2c(c1)CCCN2Cc1ccc(Cl)cc1Cl. The van der Waals surface area contributed by atoms with E-state index in [1.165, 1.54) is 0 Å². The first-order chi connectivity index (χ1) is 14.5. The highest BCUT2D eigenvalue weighted by Gasteiger charge is 2.19. The number of aryl methyl sites for hydroxylation is 1. The van der Waals surface area contributed by atoms with Crippen LogP contribution in [0.3, 0.4) is 0 Å². The summed E-state index contributed by atoms with van der Waals surface area (Å²) < 4.78 is 6.37. The standard InChI is InChI=1S/C23H19BrCl2N2O2/c24-17-4-1-5-19(12-17)27-23(29)30-20-8-9-22-15(11-20)3-2-10-28(22)14-16-6-7-18(25)13-21(16)26/h1,4-9,11-13H,2-3,10,14H2,(H,27,29). The molecule has 0 spiro atoms. The molecule has 3 aromatic carbocycles. The minimum Gasteiger partial charge on any atom is -0.410 e. The van der Waals surface area contributed by atoms with E-state index in [0.717, 1.165) is 40.7 Å². The van der Waals surface area contributed by atoms with Crippen molar-refractivity contribution >= 4 is 56.6 Å². The average molecular weight is 506 g/mol. The number of fused-ring (bicyclic) bond motifs is 1. The molecule has 0 saturated carbocycles. The smallest absolute Gasteiger partial charge is 0.410 e. The fourth-order valence-electron chi connectivity index (χ4n) is 3.55. The van der Waals surface area contributed by atoms with Crippen LogP contribution >= 0.6 is 39.1 Å². The zero-order valence-corrected chi connectivity index (χ0v) is 19.1. The lowest BCUT2D eigenvalue weighted by Gasteiger charge is -2.32. The predicted octanol–water partition coefficient (Wildman–Crippen LogP) is 7.32. The fraction of sp³-hybridized carbons (Fsp3) is 0.174. The molecule has 1 amide bonds. The van der Waals surface area contributed by atoms with Crippen LogP contribution in [0.25, 0.3) is 0 Å². The van der Waals surface area contributed by atoms with Crippen LogP contribution in [0.2, 0.25) is 10.0 Å².